The van der Waals surface area contributed by atoms with Crippen LogP contribution in [0.3, 0.4) is 0 Å². The first-order valence-corrected chi connectivity index (χ1v) is 7.71. The summed E-state index contributed by atoms with van der Waals surface area (Å²) in [5.41, 5.74) is 1.73. The Bertz CT molecular complexity index is 820. The van der Waals surface area contributed by atoms with E-state index in [0.717, 1.165) is 21.9 Å². The third-order valence-electron chi connectivity index (χ3n) is 3.12. The zero-order valence-electron chi connectivity index (χ0n) is 11.8. The van der Waals surface area contributed by atoms with Gasteiger partial charge >= 0.3 is 0 Å². The second kappa shape index (κ2) is 6.01. The SMILES string of the molecule is c1coc(-c2cc(OCc3nn[nH]n3)nc(-c3cccs3)c2)c1. The third-order valence-corrected chi connectivity index (χ3v) is 4.01. The van der Waals surface area contributed by atoms with Crippen LogP contribution in [0.2, 0.25) is 0 Å². The highest BCUT2D eigenvalue weighted by Gasteiger charge is 2.11. The Balaban J connectivity index is 1.69. The van der Waals surface area contributed by atoms with Gasteiger partial charge in [-0.3, -0.25) is 0 Å². The van der Waals surface area contributed by atoms with Gasteiger partial charge in [0, 0.05) is 11.6 Å². The molecule has 4 aromatic rings. The number of ether oxygens (including phenoxy) is 1. The first kappa shape index (κ1) is 13.6. The van der Waals surface area contributed by atoms with Crippen molar-refractivity contribution in [3.05, 3.63) is 53.9 Å². The van der Waals surface area contributed by atoms with Crippen molar-refractivity contribution in [1.82, 2.24) is 25.6 Å². The zero-order valence-corrected chi connectivity index (χ0v) is 12.7. The van der Waals surface area contributed by atoms with Crippen LogP contribution < -0.4 is 4.74 Å². The number of thiophene rings is 1. The first-order chi connectivity index (χ1) is 11.4. The van der Waals surface area contributed by atoms with E-state index < -0.39 is 0 Å². The van der Waals surface area contributed by atoms with Crippen molar-refractivity contribution >= 4 is 11.3 Å². The summed E-state index contributed by atoms with van der Waals surface area (Å²) < 4.78 is 11.2. The van der Waals surface area contributed by atoms with Gasteiger partial charge in [-0.1, -0.05) is 11.3 Å². The van der Waals surface area contributed by atoms with Gasteiger partial charge in [0.1, 0.15) is 5.76 Å². The third kappa shape index (κ3) is 2.97. The number of hydrogen-bond acceptors (Lipinski definition) is 7. The Morgan fingerprint density at radius 2 is 2.22 bits per heavy atom. The standard InChI is InChI=1S/C15H11N5O2S/c1-3-12(21-5-1)10-7-11(13-4-2-6-23-13)16-15(8-10)22-9-14-17-19-20-18-14/h1-8H,9H2,(H,17,18,19,20). The van der Waals surface area contributed by atoms with Crippen molar-refractivity contribution in [3.63, 3.8) is 0 Å². The van der Waals surface area contributed by atoms with E-state index in [1.165, 1.54) is 0 Å². The second-order valence-corrected chi connectivity index (χ2v) is 5.60. The van der Waals surface area contributed by atoms with E-state index in [1.54, 1.807) is 17.6 Å². The summed E-state index contributed by atoms with van der Waals surface area (Å²) >= 11 is 1.62. The average Bonchev–Trinajstić information content (AvgIpc) is 3.36. The summed E-state index contributed by atoms with van der Waals surface area (Å²) in [6.45, 7) is 0.189. The number of aromatic amines is 1. The van der Waals surface area contributed by atoms with Gasteiger partial charge in [0.05, 0.1) is 16.8 Å². The fourth-order valence-corrected chi connectivity index (χ4v) is 2.78. The molecule has 0 unspecified atom stereocenters. The van der Waals surface area contributed by atoms with Crippen LogP contribution in [0.15, 0.2) is 52.5 Å². The molecule has 4 rings (SSSR count). The molecule has 0 radical (unpaired) electrons. The highest BCUT2D eigenvalue weighted by molar-refractivity contribution is 7.13. The van der Waals surface area contributed by atoms with Gasteiger partial charge in [0.2, 0.25) is 11.7 Å². The number of furan rings is 1. The molecule has 0 amide bonds. The smallest absolute Gasteiger partial charge is 0.214 e. The van der Waals surface area contributed by atoms with Gasteiger partial charge in [-0.2, -0.15) is 5.21 Å². The predicted molar refractivity (Wildman–Crippen MR) is 83.8 cm³/mol. The molecule has 1 N–H and O–H groups in total. The number of nitrogens with zero attached hydrogens (tertiary/aromatic N) is 4. The average molecular weight is 325 g/mol. The van der Waals surface area contributed by atoms with Crippen LogP contribution in [0.1, 0.15) is 5.82 Å². The maximum atomic E-state index is 5.69. The Morgan fingerprint density at radius 1 is 1.22 bits per heavy atom. The lowest BCUT2D eigenvalue weighted by atomic mass is 10.1. The molecular formula is C15H11N5O2S. The molecule has 4 heterocycles. The molecule has 0 saturated heterocycles. The summed E-state index contributed by atoms with van der Waals surface area (Å²) in [7, 11) is 0. The Hall–Kier alpha value is -3.00. The second-order valence-electron chi connectivity index (χ2n) is 4.65. The minimum Gasteiger partial charge on any atom is -0.469 e. The molecule has 114 valence electrons. The number of tetrazole rings is 1. The number of rotatable bonds is 5. The van der Waals surface area contributed by atoms with Crippen LogP contribution in [-0.2, 0) is 6.61 Å². The minimum absolute atomic E-state index is 0.189. The van der Waals surface area contributed by atoms with Crippen molar-refractivity contribution in [2.45, 2.75) is 6.61 Å². The maximum absolute atomic E-state index is 5.69. The van der Waals surface area contributed by atoms with Crippen LogP contribution in [-0.4, -0.2) is 25.6 Å². The Kier molecular flexibility index (Phi) is 3.57. The van der Waals surface area contributed by atoms with Gasteiger partial charge in [-0.25, -0.2) is 4.98 Å². The van der Waals surface area contributed by atoms with Crippen LogP contribution >= 0.6 is 11.3 Å². The quantitative estimate of drug-likeness (QED) is 0.606. The molecule has 4 aromatic heterocycles. The first-order valence-electron chi connectivity index (χ1n) is 6.83. The van der Waals surface area contributed by atoms with Crippen molar-refractivity contribution in [2.75, 3.05) is 0 Å². The number of H-pyrrole nitrogens is 1. The van der Waals surface area contributed by atoms with Gasteiger partial charge < -0.3 is 9.15 Å². The molecular weight excluding hydrogens is 314 g/mol. The lowest BCUT2D eigenvalue weighted by Gasteiger charge is -2.07. The molecule has 0 aliphatic carbocycles. The predicted octanol–water partition coefficient (Wildman–Crippen LogP) is 3.16. The molecule has 0 aromatic carbocycles. The molecule has 0 saturated carbocycles. The fourth-order valence-electron chi connectivity index (χ4n) is 2.10. The molecule has 0 atom stereocenters. The molecule has 23 heavy (non-hydrogen) atoms. The molecule has 7 nitrogen and oxygen atoms in total. The van der Waals surface area contributed by atoms with E-state index >= 15 is 0 Å². The van der Waals surface area contributed by atoms with Crippen LogP contribution in [0.5, 0.6) is 5.88 Å². The monoisotopic (exact) mass is 325 g/mol. The molecule has 0 aliphatic heterocycles. The summed E-state index contributed by atoms with van der Waals surface area (Å²) in [5, 5.41) is 15.6. The van der Waals surface area contributed by atoms with Crippen molar-refractivity contribution in [2.24, 2.45) is 0 Å². The number of nitrogens with one attached hydrogen (secondary N) is 1. The summed E-state index contributed by atoms with van der Waals surface area (Å²) in [6.07, 6.45) is 1.64. The molecule has 0 aliphatic rings. The Labute approximate surface area is 135 Å². The van der Waals surface area contributed by atoms with E-state index in [1.807, 2.05) is 41.8 Å². The highest BCUT2D eigenvalue weighted by atomic mass is 32.1. The highest BCUT2D eigenvalue weighted by Crippen LogP contribution is 2.31. The number of pyridine rings is 1. The Morgan fingerprint density at radius 3 is 2.96 bits per heavy atom. The maximum Gasteiger partial charge on any atom is 0.214 e. The van der Waals surface area contributed by atoms with E-state index in [0.29, 0.717) is 11.7 Å². The van der Waals surface area contributed by atoms with E-state index in [2.05, 4.69) is 25.6 Å². The summed E-state index contributed by atoms with van der Waals surface area (Å²) in [5.74, 6) is 1.70. The van der Waals surface area contributed by atoms with Gasteiger partial charge in [-0.15, -0.1) is 21.5 Å². The van der Waals surface area contributed by atoms with E-state index in [-0.39, 0.29) is 6.61 Å². The fraction of sp³-hybridized carbons (Fsp3) is 0.0667. The number of aromatic nitrogens is 5. The molecule has 0 spiro atoms. The zero-order chi connectivity index (χ0) is 15.5. The number of hydrogen-bond donors (Lipinski definition) is 1. The largest absolute Gasteiger partial charge is 0.469 e. The van der Waals surface area contributed by atoms with E-state index in [9.17, 15) is 0 Å². The van der Waals surface area contributed by atoms with E-state index in [4.69, 9.17) is 9.15 Å². The lowest BCUT2D eigenvalue weighted by Crippen LogP contribution is -2.00. The van der Waals surface area contributed by atoms with Crippen LogP contribution in [0, 0.1) is 0 Å². The van der Waals surface area contributed by atoms with Gasteiger partial charge in [-0.05, 0) is 29.6 Å². The van der Waals surface area contributed by atoms with Crippen LogP contribution in [0.4, 0.5) is 0 Å². The summed E-state index contributed by atoms with van der Waals surface area (Å²) in [4.78, 5) is 5.60. The van der Waals surface area contributed by atoms with Crippen molar-refractivity contribution in [3.8, 4) is 27.8 Å². The lowest BCUT2D eigenvalue weighted by molar-refractivity contribution is 0.284. The molecule has 0 bridgehead atoms. The topological polar surface area (TPSA) is 89.7 Å². The van der Waals surface area contributed by atoms with Crippen LogP contribution in [0.25, 0.3) is 21.9 Å². The minimum atomic E-state index is 0.189. The van der Waals surface area contributed by atoms with Gasteiger partial charge in [0.25, 0.3) is 0 Å². The van der Waals surface area contributed by atoms with Gasteiger partial charge in [0.15, 0.2) is 6.61 Å². The molecule has 8 heteroatoms. The van der Waals surface area contributed by atoms with Crippen molar-refractivity contribution in [1.29, 1.82) is 0 Å². The normalized spacial score (nSPS) is 10.8. The van der Waals surface area contributed by atoms with Crippen molar-refractivity contribution < 1.29 is 9.15 Å². The summed E-state index contributed by atoms with van der Waals surface area (Å²) in [6, 6.07) is 11.6. The molecule has 0 fully saturated rings.